The molecule has 0 spiro atoms. The first-order valence-corrected chi connectivity index (χ1v) is 8.62. The van der Waals surface area contributed by atoms with Gasteiger partial charge in [0, 0.05) is 42.3 Å². The molecule has 0 bridgehead atoms. The van der Waals surface area contributed by atoms with Crippen molar-refractivity contribution in [3.63, 3.8) is 0 Å². The summed E-state index contributed by atoms with van der Waals surface area (Å²) in [5.74, 6) is -0.115. The number of H-pyrrole nitrogens is 1. The summed E-state index contributed by atoms with van der Waals surface area (Å²) in [4.78, 5) is 12.5. The summed E-state index contributed by atoms with van der Waals surface area (Å²) in [5.41, 5.74) is 3.66. The van der Waals surface area contributed by atoms with Crippen molar-refractivity contribution in [2.45, 2.75) is 33.2 Å². The lowest BCUT2D eigenvalue weighted by molar-refractivity contribution is 0.0930. The second kappa shape index (κ2) is 6.95. The highest BCUT2D eigenvalue weighted by molar-refractivity contribution is 6.30. The van der Waals surface area contributed by atoms with Crippen LogP contribution in [0.2, 0.25) is 5.02 Å². The van der Waals surface area contributed by atoms with Crippen LogP contribution in [0.5, 0.6) is 0 Å². The third-order valence-electron chi connectivity index (χ3n) is 4.32. The maximum Gasteiger partial charge on any atom is 0.272 e. The van der Waals surface area contributed by atoms with E-state index in [1.165, 1.54) is 5.56 Å². The standard InChI is InChI=1S/C18H23ClN4O/c1-18(2,9-12-4-3-5-13(19)8-12)11-21-17(24)16-14-10-20-7-6-15(14)22-23-16/h3-5,8,20H,6-7,9-11H2,1-2H3,(H,21,24)(H,22,23). The first kappa shape index (κ1) is 17.0. The first-order chi connectivity index (χ1) is 11.4. The molecule has 0 saturated heterocycles. The third-order valence-corrected chi connectivity index (χ3v) is 4.56. The Morgan fingerprint density at radius 3 is 3.04 bits per heavy atom. The van der Waals surface area contributed by atoms with Crippen molar-refractivity contribution in [1.29, 1.82) is 0 Å². The second-order valence-corrected chi connectivity index (χ2v) is 7.55. The van der Waals surface area contributed by atoms with Gasteiger partial charge in [-0.15, -0.1) is 0 Å². The summed E-state index contributed by atoms with van der Waals surface area (Å²) in [7, 11) is 0. The van der Waals surface area contributed by atoms with Crippen molar-refractivity contribution < 1.29 is 4.79 Å². The molecule has 0 atom stereocenters. The summed E-state index contributed by atoms with van der Waals surface area (Å²) in [6.45, 7) is 6.46. The second-order valence-electron chi connectivity index (χ2n) is 7.11. The Labute approximate surface area is 147 Å². The Morgan fingerprint density at radius 2 is 2.25 bits per heavy atom. The molecular formula is C18H23ClN4O. The highest BCUT2D eigenvalue weighted by Gasteiger charge is 2.24. The van der Waals surface area contributed by atoms with E-state index in [4.69, 9.17) is 11.6 Å². The molecule has 0 saturated carbocycles. The number of carbonyl (C=O) groups is 1. The molecule has 1 aliphatic heterocycles. The van der Waals surface area contributed by atoms with Crippen molar-refractivity contribution in [2.24, 2.45) is 5.41 Å². The average Bonchev–Trinajstić information content (AvgIpc) is 2.96. The number of hydrogen-bond acceptors (Lipinski definition) is 3. The number of rotatable bonds is 5. The van der Waals surface area contributed by atoms with Crippen molar-refractivity contribution in [2.75, 3.05) is 13.1 Å². The molecule has 2 aromatic rings. The quantitative estimate of drug-likeness (QED) is 0.779. The van der Waals surface area contributed by atoms with Crippen molar-refractivity contribution >= 4 is 17.5 Å². The molecule has 0 fully saturated rings. The Morgan fingerprint density at radius 1 is 1.42 bits per heavy atom. The van der Waals surface area contributed by atoms with E-state index in [0.717, 1.165) is 35.7 Å². The van der Waals surface area contributed by atoms with Gasteiger partial charge in [0.05, 0.1) is 0 Å². The molecule has 1 aromatic carbocycles. The van der Waals surface area contributed by atoms with E-state index in [-0.39, 0.29) is 11.3 Å². The predicted octanol–water partition coefficient (Wildman–Crippen LogP) is 2.71. The number of nitrogens with zero attached hydrogens (tertiary/aromatic N) is 1. The van der Waals surface area contributed by atoms with Crippen molar-refractivity contribution in [3.8, 4) is 0 Å². The van der Waals surface area contributed by atoms with Gasteiger partial charge in [-0.1, -0.05) is 37.6 Å². The molecule has 0 unspecified atom stereocenters. The van der Waals surface area contributed by atoms with Crippen LogP contribution in [-0.2, 0) is 19.4 Å². The van der Waals surface area contributed by atoms with Gasteiger partial charge in [0.25, 0.3) is 5.91 Å². The Balaban J connectivity index is 1.62. The van der Waals surface area contributed by atoms with Crippen LogP contribution in [0.25, 0.3) is 0 Å². The fourth-order valence-corrected chi connectivity index (χ4v) is 3.29. The molecule has 3 rings (SSSR count). The molecule has 24 heavy (non-hydrogen) atoms. The van der Waals surface area contributed by atoms with E-state index in [9.17, 15) is 4.79 Å². The summed E-state index contributed by atoms with van der Waals surface area (Å²) < 4.78 is 0. The van der Waals surface area contributed by atoms with E-state index in [1.54, 1.807) is 0 Å². The number of amides is 1. The smallest absolute Gasteiger partial charge is 0.272 e. The highest BCUT2D eigenvalue weighted by atomic mass is 35.5. The number of carbonyl (C=O) groups excluding carboxylic acids is 1. The van der Waals surface area contributed by atoms with Gasteiger partial charge in [0.2, 0.25) is 0 Å². The van der Waals surface area contributed by atoms with Crippen molar-refractivity contribution in [1.82, 2.24) is 20.8 Å². The number of hydrogen-bond donors (Lipinski definition) is 3. The van der Waals surface area contributed by atoms with Gasteiger partial charge < -0.3 is 10.6 Å². The molecular weight excluding hydrogens is 324 g/mol. The van der Waals surface area contributed by atoms with Crippen LogP contribution in [0.4, 0.5) is 0 Å². The maximum absolute atomic E-state index is 12.5. The van der Waals surface area contributed by atoms with E-state index in [0.29, 0.717) is 18.8 Å². The molecule has 1 aromatic heterocycles. The van der Waals surface area contributed by atoms with Crippen LogP contribution in [0, 0.1) is 5.41 Å². The topological polar surface area (TPSA) is 69.8 Å². The van der Waals surface area contributed by atoms with Crippen molar-refractivity contribution in [3.05, 3.63) is 51.8 Å². The number of fused-ring (bicyclic) bond motifs is 1. The molecule has 0 aliphatic carbocycles. The monoisotopic (exact) mass is 346 g/mol. The molecule has 6 heteroatoms. The fraction of sp³-hybridized carbons (Fsp3) is 0.444. The van der Waals surface area contributed by atoms with Gasteiger partial charge in [0.1, 0.15) is 0 Å². The lowest BCUT2D eigenvalue weighted by Gasteiger charge is -2.25. The van der Waals surface area contributed by atoms with Gasteiger partial charge in [-0.2, -0.15) is 5.10 Å². The minimum absolute atomic E-state index is 0.0744. The van der Waals surface area contributed by atoms with Gasteiger partial charge in [-0.05, 0) is 29.5 Å². The number of benzene rings is 1. The van der Waals surface area contributed by atoms with E-state index in [1.807, 2.05) is 18.2 Å². The molecule has 2 heterocycles. The SMILES string of the molecule is CC(C)(CNC(=O)c1n[nH]c2c1CNCC2)Cc1cccc(Cl)c1. The lowest BCUT2D eigenvalue weighted by Crippen LogP contribution is -2.36. The highest BCUT2D eigenvalue weighted by Crippen LogP contribution is 2.23. The van der Waals surface area contributed by atoms with Gasteiger partial charge >= 0.3 is 0 Å². The minimum Gasteiger partial charge on any atom is -0.350 e. The fourth-order valence-electron chi connectivity index (χ4n) is 3.08. The van der Waals surface area contributed by atoms with Crippen LogP contribution < -0.4 is 10.6 Å². The maximum atomic E-state index is 12.5. The van der Waals surface area contributed by atoms with E-state index in [2.05, 4.69) is 40.7 Å². The number of nitrogens with one attached hydrogen (secondary N) is 3. The zero-order valence-corrected chi connectivity index (χ0v) is 14.8. The van der Waals surface area contributed by atoms with Gasteiger partial charge in [0.15, 0.2) is 5.69 Å². The molecule has 1 aliphatic rings. The molecule has 3 N–H and O–H groups in total. The van der Waals surface area contributed by atoms with Crippen LogP contribution >= 0.6 is 11.6 Å². The third kappa shape index (κ3) is 3.97. The lowest BCUT2D eigenvalue weighted by atomic mass is 9.85. The Bertz CT molecular complexity index is 738. The average molecular weight is 347 g/mol. The minimum atomic E-state index is -0.115. The predicted molar refractivity (Wildman–Crippen MR) is 95.3 cm³/mol. The van der Waals surface area contributed by atoms with Crippen LogP contribution in [0.15, 0.2) is 24.3 Å². The summed E-state index contributed by atoms with van der Waals surface area (Å²) in [6, 6.07) is 7.86. The Kier molecular flexibility index (Phi) is 4.92. The zero-order chi connectivity index (χ0) is 17.2. The summed E-state index contributed by atoms with van der Waals surface area (Å²) in [6.07, 6.45) is 1.73. The number of aromatic amines is 1. The van der Waals surface area contributed by atoms with Crippen LogP contribution in [0.1, 0.15) is 41.2 Å². The molecule has 5 nitrogen and oxygen atoms in total. The normalized spacial score (nSPS) is 14.3. The summed E-state index contributed by atoms with van der Waals surface area (Å²) in [5, 5.41) is 14.2. The summed E-state index contributed by atoms with van der Waals surface area (Å²) >= 11 is 6.05. The number of halogens is 1. The molecule has 1 amide bonds. The van der Waals surface area contributed by atoms with Crippen LogP contribution in [0.3, 0.4) is 0 Å². The zero-order valence-electron chi connectivity index (χ0n) is 14.1. The number of aromatic nitrogens is 2. The van der Waals surface area contributed by atoms with E-state index >= 15 is 0 Å². The van der Waals surface area contributed by atoms with Crippen LogP contribution in [-0.4, -0.2) is 29.2 Å². The van der Waals surface area contributed by atoms with E-state index < -0.39 is 0 Å². The van der Waals surface area contributed by atoms with Gasteiger partial charge in [-0.3, -0.25) is 9.89 Å². The van der Waals surface area contributed by atoms with Gasteiger partial charge in [-0.25, -0.2) is 0 Å². The molecule has 128 valence electrons. The Hall–Kier alpha value is -1.85. The largest absolute Gasteiger partial charge is 0.350 e. The molecule has 0 radical (unpaired) electrons. The first-order valence-electron chi connectivity index (χ1n) is 8.24.